The summed E-state index contributed by atoms with van der Waals surface area (Å²) < 4.78 is 5.35. The average Bonchev–Trinajstić information content (AvgIpc) is 3.38. The first-order valence-corrected chi connectivity index (χ1v) is 7.57. The van der Waals surface area contributed by atoms with E-state index in [1.54, 1.807) is 12.3 Å². The molecule has 0 spiro atoms. The van der Waals surface area contributed by atoms with Gasteiger partial charge in [-0.3, -0.25) is 4.79 Å². The predicted molar refractivity (Wildman–Crippen MR) is 94.8 cm³/mol. The zero-order chi connectivity index (χ0) is 14.7. The van der Waals surface area contributed by atoms with E-state index in [-0.39, 0.29) is 36.8 Å². The van der Waals surface area contributed by atoms with Crippen LogP contribution in [0.2, 0.25) is 0 Å². The summed E-state index contributed by atoms with van der Waals surface area (Å²) >= 11 is 0. The Hall–Kier alpha value is -1.08. The van der Waals surface area contributed by atoms with Crippen LogP contribution in [0, 0.1) is 5.92 Å². The van der Waals surface area contributed by atoms with Crippen LogP contribution in [0.25, 0.3) is 0 Å². The Balaban J connectivity index is 0.00000132. The Labute approximate surface area is 149 Å². The van der Waals surface area contributed by atoms with E-state index in [0.717, 1.165) is 18.9 Å². The quantitative estimate of drug-likeness (QED) is 0.823. The highest BCUT2D eigenvalue weighted by atomic mass is 35.5. The molecule has 1 saturated heterocycles. The van der Waals surface area contributed by atoms with Crippen LogP contribution in [0.1, 0.15) is 23.2 Å². The summed E-state index contributed by atoms with van der Waals surface area (Å²) in [5.41, 5.74) is 6.64. The van der Waals surface area contributed by atoms with Gasteiger partial charge in [0.05, 0.1) is 18.8 Å². The SMILES string of the molecule is Cl.Cl.NC(CNC(=O)c1cccnc1N1CCOCC1)C1CC1. The summed E-state index contributed by atoms with van der Waals surface area (Å²) in [6.07, 6.45) is 4.09. The number of carbonyl (C=O) groups excluding carboxylic acids is 1. The number of anilines is 1. The summed E-state index contributed by atoms with van der Waals surface area (Å²) in [5, 5.41) is 2.94. The van der Waals surface area contributed by atoms with Crippen LogP contribution < -0.4 is 16.0 Å². The molecule has 0 radical (unpaired) electrons. The molecule has 1 amide bonds. The van der Waals surface area contributed by atoms with Gasteiger partial charge < -0.3 is 20.7 Å². The first kappa shape index (κ1) is 20.0. The summed E-state index contributed by atoms with van der Waals surface area (Å²) in [6.45, 7) is 3.40. The Morgan fingerprint density at radius 3 is 2.74 bits per heavy atom. The molecule has 1 aliphatic heterocycles. The Bertz CT molecular complexity index is 508. The zero-order valence-electron chi connectivity index (χ0n) is 12.9. The van der Waals surface area contributed by atoms with Crippen LogP contribution in [0.5, 0.6) is 0 Å². The highest BCUT2D eigenvalue weighted by molar-refractivity contribution is 5.98. The maximum absolute atomic E-state index is 12.4. The smallest absolute Gasteiger partial charge is 0.255 e. The molecule has 3 rings (SSSR count). The number of halogens is 2. The molecule has 2 heterocycles. The maximum atomic E-state index is 12.4. The highest BCUT2D eigenvalue weighted by Gasteiger charge is 2.29. The van der Waals surface area contributed by atoms with Gasteiger partial charge in [-0.25, -0.2) is 4.98 Å². The van der Waals surface area contributed by atoms with Gasteiger partial charge in [0.15, 0.2) is 0 Å². The third-order valence-corrected chi connectivity index (χ3v) is 4.07. The minimum atomic E-state index is -0.0966. The molecule has 1 aromatic heterocycles. The minimum absolute atomic E-state index is 0. The first-order valence-electron chi connectivity index (χ1n) is 7.57. The average molecular weight is 363 g/mol. The van der Waals surface area contributed by atoms with Crippen molar-refractivity contribution in [1.29, 1.82) is 0 Å². The van der Waals surface area contributed by atoms with Crippen LogP contribution in [0.4, 0.5) is 5.82 Å². The molecule has 1 saturated carbocycles. The summed E-state index contributed by atoms with van der Waals surface area (Å²) in [4.78, 5) is 18.9. The van der Waals surface area contributed by atoms with Crippen LogP contribution in [-0.2, 0) is 4.74 Å². The van der Waals surface area contributed by atoms with E-state index in [1.807, 2.05) is 6.07 Å². The summed E-state index contributed by atoms with van der Waals surface area (Å²) in [6, 6.07) is 3.67. The number of nitrogens with zero attached hydrogens (tertiary/aromatic N) is 2. The third kappa shape index (κ3) is 5.21. The van der Waals surface area contributed by atoms with Crippen molar-refractivity contribution in [2.45, 2.75) is 18.9 Å². The predicted octanol–water partition coefficient (Wildman–Crippen LogP) is 1.23. The molecule has 1 aromatic rings. The van der Waals surface area contributed by atoms with E-state index in [9.17, 15) is 4.79 Å². The number of nitrogens with two attached hydrogens (primary N) is 1. The van der Waals surface area contributed by atoms with Crippen molar-refractivity contribution < 1.29 is 9.53 Å². The maximum Gasteiger partial charge on any atom is 0.255 e. The number of morpholine rings is 1. The molecule has 8 heteroatoms. The zero-order valence-corrected chi connectivity index (χ0v) is 14.6. The molecule has 1 aliphatic carbocycles. The topological polar surface area (TPSA) is 80.5 Å². The fraction of sp³-hybridized carbons (Fsp3) is 0.600. The van der Waals surface area contributed by atoms with Crippen molar-refractivity contribution in [2.75, 3.05) is 37.7 Å². The van der Waals surface area contributed by atoms with Crippen molar-refractivity contribution in [1.82, 2.24) is 10.3 Å². The van der Waals surface area contributed by atoms with Gasteiger partial charge in [-0.2, -0.15) is 0 Å². The molecule has 0 bridgehead atoms. The summed E-state index contributed by atoms with van der Waals surface area (Å²) in [7, 11) is 0. The molecular weight excluding hydrogens is 339 g/mol. The number of carbonyl (C=O) groups is 1. The van der Waals surface area contributed by atoms with Crippen molar-refractivity contribution in [3.05, 3.63) is 23.9 Å². The number of rotatable bonds is 5. The Morgan fingerprint density at radius 2 is 2.09 bits per heavy atom. The van der Waals surface area contributed by atoms with Crippen molar-refractivity contribution in [3.8, 4) is 0 Å². The number of ether oxygens (including phenoxy) is 1. The Morgan fingerprint density at radius 1 is 1.39 bits per heavy atom. The van der Waals surface area contributed by atoms with Crippen molar-refractivity contribution in [2.24, 2.45) is 11.7 Å². The number of hydrogen-bond acceptors (Lipinski definition) is 5. The van der Waals surface area contributed by atoms with Crippen LogP contribution in [0.15, 0.2) is 18.3 Å². The van der Waals surface area contributed by atoms with Gasteiger partial charge in [-0.15, -0.1) is 24.8 Å². The molecule has 3 N–H and O–H groups in total. The molecular formula is C15H24Cl2N4O2. The lowest BCUT2D eigenvalue weighted by atomic mass is 10.2. The first-order chi connectivity index (χ1) is 10.3. The van der Waals surface area contributed by atoms with Gasteiger partial charge in [0, 0.05) is 31.9 Å². The minimum Gasteiger partial charge on any atom is -0.378 e. The van der Waals surface area contributed by atoms with E-state index in [1.165, 1.54) is 12.8 Å². The van der Waals surface area contributed by atoms with Crippen molar-refractivity contribution >= 4 is 36.5 Å². The fourth-order valence-electron chi connectivity index (χ4n) is 2.60. The summed E-state index contributed by atoms with van der Waals surface area (Å²) in [5.74, 6) is 1.22. The third-order valence-electron chi connectivity index (χ3n) is 4.07. The van der Waals surface area contributed by atoms with Gasteiger partial charge >= 0.3 is 0 Å². The van der Waals surface area contributed by atoms with Gasteiger partial charge in [0.25, 0.3) is 5.91 Å². The number of amides is 1. The van der Waals surface area contributed by atoms with Gasteiger partial charge in [0.2, 0.25) is 0 Å². The molecule has 0 aromatic carbocycles. The van der Waals surface area contributed by atoms with Crippen molar-refractivity contribution in [3.63, 3.8) is 0 Å². The number of aromatic nitrogens is 1. The second-order valence-corrected chi connectivity index (χ2v) is 5.69. The lowest BCUT2D eigenvalue weighted by Crippen LogP contribution is -2.41. The Kier molecular flexibility index (Phi) is 8.05. The van der Waals surface area contributed by atoms with Crippen LogP contribution in [-0.4, -0.2) is 49.8 Å². The molecule has 23 heavy (non-hydrogen) atoms. The lowest BCUT2D eigenvalue weighted by molar-refractivity contribution is 0.0948. The number of pyridine rings is 1. The van der Waals surface area contributed by atoms with Crippen LogP contribution >= 0.6 is 24.8 Å². The van der Waals surface area contributed by atoms with E-state index in [4.69, 9.17) is 10.5 Å². The molecule has 6 nitrogen and oxygen atoms in total. The van der Waals surface area contributed by atoms with E-state index in [2.05, 4.69) is 15.2 Å². The lowest BCUT2D eigenvalue weighted by Gasteiger charge is -2.29. The van der Waals surface area contributed by atoms with E-state index < -0.39 is 0 Å². The van der Waals surface area contributed by atoms with Gasteiger partial charge in [-0.05, 0) is 30.9 Å². The highest BCUT2D eigenvalue weighted by Crippen LogP contribution is 2.31. The van der Waals surface area contributed by atoms with Crippen LogP contribution in [0.3, 0.4) is 0 Å². The van der Waals surface area contributed by atoms with E-state index in [0.29, 0.717) is 31.2 Å². The monoisotopic (exact) mass is 362 g/mol. The molecule has 2 aliphatic rings. The number of hydrogen-bond donors (Lipinski definition) is 2. The second-order valence-electron chi connectivity index (χ2n) is 5.69. The fourth-order valence-corrected chi connectivity index (χ4v) is 2.60. The van der Waals surface area contributed by atoms with Gasteiger partial charge in [0.1, 0.15) is 5.82 Å². The standard InChI is InChI=1S/C15H22N4O2.2ClH/c16-13(11-3-4-11)10-18-15(20)12-2-1-5-17-14(12)19-6-8-21-9-7-19;;/h1-2,5,11,13H,3-4,6-10,16H2,(H,18,20);2*1H. The molecule has 2 fully saturated rings. The number of nitrogens with one attached hydrogen (secondary N) is 1. The molecule has 130 valence electrons. The van der Waals surface area contributed by atoms with E-state index >= 15 is 0 Å². The normalized spacial score (nSPS) is 18.4. The van der Waals surface area contributed by atoms with Gasteiger partial charge in [-0.1, -0.05) is 0 Å². The molecule has 1 unspecified atom stereocenters. The second kappa shape index (κ2) is 9.27. The molecule has 1 atom stereocenters. The largest absolute Gasteiger partial charge is 0.378 e.